The highest BCUT2D eigenvalue weighted by Crippen LogP contribution is 2.76. The van der Waals surface area contributed by atoms with Gasteiger partial charge in [-0.2, -0.15) is 0 Å². The molecule has 0 bridgehead atoms. The SMILES string of the molecule is Cc1ccccc1NC(=O)[C@@]12CC[C@]3(C)[C@H](CCC4[C@@]5(C)CC[C@H](O)C(C)(C)C5CC[C@]43C)C1=C(C(C)C)C(=O)C2. The van der Waals surface area contributed by atoms with E-state index in [-0.39, 0.29) is 51.3 Å². The van der Waals surface area contributed by atoms with Crippen LogP contribution in [-0.4, -0.2) is 22.9 Å². The van der Waals surface area contributed by atoms with Gasteiger partial charge in [-0.1, -0.05) is 66.7 Å². The number of aliphatic hydroxyl groups is 1. The van der Waals surface area contributed by atoms with Crippen LogP contribution in [-0.2, 0) is 9.59 Å². The van der Waals surface area contributed by atoms with Gasteiger partial charge in [0.15, 0.2) is 5.78 Å². The summed E-state index contributed by atoms with van der Waals surface area (Å²) in [7, 11) is 0. The summed E-state index contributed by atoms with van der Waals surface area (Å²) in [5.41, 5.74) is 3.67. The minimum atomic E-state index is -0.732. The molecule has 41 heavy (non-hydrogen) atoms. The van der Waals surface area contributed by atoms with Crippen molar-refractivity contribution < 1.29 is 14.7 Å². The van der Waals surface area contributed by atoms with Crippen LogP contribution in [0.4, 0.5) is 5.69 Å². The fourth-order valence-corrected chi connectivity index (χ4v) is 11.8. The predicted molar refractivity (Wildman–Crippen MR) is 165 cm³/mol. The first-order valence-corrected chi connectivity index (χ1v) is 16.5. The van der Waals surface area contributed by atoms with Crippen LogP contribution in [0.3, 0.4) is 0 Å². The molecular weight excluding hydrogens is 506 g/mol. The Labute approximate surface area is 248 Å². The lowest BCUT2D eigenvalue weighted by Crippen LogP contribution is -2.66. The summed E-state index contributed by atoms with van der Waals surface area (Å²) in [5, 5.41) is 14.3. The van der Waals surface area contributed by atoms with Crippen LogP contribution in [0.2, 0.25) is 0 Å². The van der Waals surface area contributed by atoms with Crippen molar-refractivity contribution in [2.45, 2.75) is 119 Å². The van der Waals surface area contributed by atoms with Crippen molar-refractivity contribution in [1.29, 1.82) is 0 Å². The van der Waals surface area contributed by atoms with Crippen LogP contribution in [0, 0.1) is 57.7 Å². The monoisotopic (exact) mass is 559 g/mol. The normalized spacial score (nSPS) is 43.2. The summed E-state index contributed by atoms with van der Waals surface area (Å²) in [6, 6.07) is 7.98. The summed E-state index contributed by atoms with van der Waals surface area (Å²) < 4.78 is 0. The van der Waals surface area contributed by atoms with Crippen molar-refractivity contribution in [2.24, 2.45) is 50.7 Å². The first-order valence-electron chi connectivity index (χ1n) is 16.5. The molecule has 2 unspecified atom stereocenters. The van der Waals surface area contributed by atoms with Gasteiger partial charge in [0.05, 0.1) is 11.5 Å². The first-order chi connectivity index (χ1) is 19.1. The molecule has 224 valence electrons. The highest BCUT2D eigenvalue weighted by Gasteiger charge is 2.70. The molecule has 0 heterocycles. The zero-order valence-corrected chi connectivity index (χ0v) is 26.8. The number of fused-ring (bicyclic) bond motifs is 7. The number of carbonyl (C=O) groups excluding carboxylic acids is 2. The molecule has 4 saturated carbocycles. The highest BCUT2D eigenvalue weighted by molar-refractivity contribution is 6.10. The Morgan fingerprint density at radius 3 is 2.29 bits per heavy atom. The Morgan fingerprint density at radius 2 is 1.61 bits per heavy atom. The van der Waals surface area contributed by atoms with E-state index >= 15 is 0 Å². The lowest BCUT2D eigenvalue weighted by molar-refractivity contribution is -0.228. The second-order valence-electron chi connectivity index (χ2n) is 16.4. The number of benzene rings is 1. The number of ketones is 1. The largest absolute Gasteiger partial charge is 0.393 e. The van der Waals surface area contributed by atoms with Crippen LogP contribution in [0.1, 0.15) is 112 Å². The van der Waals surface area contributed by atoms with E-state index in [0.717, 1.165) is 61.8 Å². The van der Waals surface area contributed by atoms with Crippen molar-refractivity contribution >= 4 is 17.4 Å². The highest BCUT2D eigenvalue weighted by atomic mass is 16.3. The van der Waals surface area contributed by atoms with Gasteiger partial charge in [0, 0.05) is 12.1 Å². The number of allylic oxidation sites excluding steroid dienone is 1. The minimum Gasteiger partial charge on any atom is -0.393 e. The summed E-state index contributed by atoms with van der Waals surface area (Å²) in [5.74, 6) is 1.72. The van der Waals surface area contributed by atoms with E-state index in [9.17, 15) is 14.7 Å². The van der Waals surface area contributed by atoms with Gasteiger partial charge in [0.2, 0.25) is 5.91 Å². The number of hydrogen-bond donors (Lipinski definition) is 2. The molecule has 0 aliphatic heterocycles. The van der Waals surface area contributed by atoms with Crippen molar-refractivity contribution in [3.05, 3.63) is 41.0 Å². The third-order valence-electron chi connectivity index (χ3n) is 14.2. The van der Waals surface area contributed by atoms with E-state index in [1.807, 2.05) is 31.2 Å². The third kappa shape index (κ3) is 3.74. The summed E-state index contributed by atoms with van der Waals surface area (Å²) in [6.07, 6.45) is 8.37. The third-order valence-corrected chi connectivity index (χ3v) is 14.2. The Hall–Kier alpha value is -1.94. The zero-order valence-electron chi connectivity index (χ0n) is 26.8. The van der Waals surface area contributed by atoms with Gasteiger partial charge >= 0.3 is 0 Å². The topological polar surface area (TPSA) is 66.4 Å². The fraction of sp³-hybridized carbons (Fsp3) is 0.730. The molecule has 5 aliphatic carbocycles. The lowest BCUT2D eigenvalue weighted by atomic mass is 9.33. The molecule has 4 nitrogen and oxygen atoms in total. The van der Waals surface area contributed by atoms with Crippen LogP contribution in [0.25, 0.3) is 0 Å². The smallest absolute Gasteiger partial charge is 0.235 e. The van der Waals surface area contributed by atoms with E-state index in [4.69, 9.17) is 0 Å². The van der Waals surface area contributed by atoms with E-state index in [1.165, 1.54) is 12.0 Å². The second kappa shape index (κ2) is 9.28. The lowest BCUT2D eigenvalue weighted by Gasteiger charge is -2.72. The van der Waals surface area contributed by atoms with Gasteiger partial charge in [0.25, 0.3) is 0 Å². The van der Waals surface area contributed by atoms with Gasteiger partial charge in [-0.3, -0.25) is 9.59 Å². The number of para-hydroxylation sites is 1. The fourth-order valence-electron chi connectivity index (χ4n) is 11.8. The van der Waals surface area contributed by atoms with Gasteiger partial charge in [0.1, 0.15) is 0 Å². The first kappa shape index (κ1) is 29.1. The van der Waals surface area contributed by atoms with Crippen molar-refractivity contribution in [3.8, 4) is 0 Å². The molecule has 0 aromatic heterocycles. The molecule has 0 saturated heterocycles. The molecule has 5 aliphatic rings. The molecular formula is C37H53NO3. The standard InChI is InChI=1S/C37H53NO3/c1-22(2)30-26(39)21-37(32(41)38-25-12-10-9-11-23(25)3)20-19-35(7)24(31(30)37)13-14-28-34(6)17-16-29(40)33(4,5)27(34)15-18-36(28,35)8/h9-12,22,24,27-29,40H,13-21H2,1-8H3,(H,38,41)/t24-,27?,28?,29+,34+,35-,36-,37-/m1/s1. The molecule has 2 N–H and O–H groups in total. The van der Waals surface area contributed by atoms with E-state index in [2.05, 4.69) is 53.8 Å². The summed E-state index contributed by atoms with van der Waals surface area (Å²) in [6.45, 7) is 18.6. The average molecular weight is 560 g/mol. The van der Waals surface area contributed by atoms with Crippen molar-refractivity contribution in [1.82, 2.24) is 0 Å². The van der Waals surface area contributed by atoms with E-state index < -0.39 is 5.41 Å². The number of anilines is 1. The van der Waals surface area contributed by atoms with Crippen LogP contribution in [0.15, 0.2) is 35.4 Å². The Balaban J connectivity index is 1.43. The molecule has 0 radical (unpaired) electrons. The predicted octanol–water partition coefficient (Wildman–Crippen LogP) is 8.28. The maximum atomic E-state index is 14.4. The van der Waals surface area contributed by atoms with Crippen molar-refractivity contribution in [2.75, 3.05) is 5.32 Å². The van der Waals surface area contributed by atoms with Crippen molar-refractivity contribution in [3.63, 3.8) is 0 Å². The Kier molecular flexibility index (Phi) is 6.60. The molecule has 8 atom stereocenters. The molecule has 6 rings (SSSR count). The number of aryl methyl sites for hydroxylation is 1. The molecule has 0 spiro atoms. The molecule has 1 amide bonds. The Bertz CT molecular complexity index is 1310. The minimum absolute atomic E-state index is 0.0267. The van der Waals surface area contributed by atoms with Crippen LogP contribution >= 0.6 is 0 Å². The van der Waals surface area contributed by atoms with E-state index in [1.54, 1.807) is 0 Å². The zero-order chi connectivity index (χ0) is 29.8. The number of aliphatic hydroxyl groups excluding tert-OH is 1. The Morgan fingerprint density at radius 1 is 0.902 bits per heavy atom. The van der Waals surface area contributed by atoms with E-state index in [0.29, 0.717) is 18.3 Å². The number of rotatable bonds is 3. The van der Waals surface area contributed by atoms with Gasteiger partial charge in [-0.25, -0.2) is 0 Å². The molecule has 4 fully saturated rings. The quantitative estimate of drug-likeness (QED) is 0.392. The summed E-state index contributed by atoms with van der Waals surface area (Å²) in [4.78, 5) is 28.2. The maximum Gasteiger partial charge on any atom is 0.235 e. The summed E-state index contributed by atoms with van der Waals surface area (Å²) >= 11 is 0. The second-order valence-corrected chi connectivity index (χ2v) is 16.4. The number of Topliss-reactive ketones (excluding diaryl/α,β-unsaturated/α-hetero) is 1. The number of amides is 1. The maximum absolute atomic E-state index is 14.4. The van der Waals surface area contributed by atoms with Crippen LogP contribution < -0.4 is 5.32 Å². The van der Waals surface area contributed by atoms with Crippen LogP contribution in [0.5, 0.6) is 0 Å². The van der Waals surface area contributed by atoms with Gasteiger partial charge in [-0.05, 0) is 126 Å². The number of carbonyl (C=O) groups is 2. The molecule has 4 heteroatoms. The number of nitrogens with one attached hydrogen (secondary N) is 1. The molecule has 1 aromatic carbocycles. The van der Waals surface area contributed by atoms with Gasteiger partial charge < -0.3 is 10.4 Å². The van der Waals surface area contributed by atoms with Gasteiger partial charge in [-0.15, -0.1) is 0 Å². The number of hydrogen-bond acceptors (Lipinski definition) is 3. The average Bonchev–Trinajstić information content (AvgIpc) is 3.21. The molecule has 1 aromatic rings.